The average Bonchev–Trinajstić information content (AvgIpc) is 3.09. The SMILES string of the molecule is CCCCCCCCCn1c(CNC(=O)c2ccc(C)cc2)nc2ccccc21. The Morgan fingerprint density at radius 2 is 1.62 bits per heavy atom. The van der Waals surface area contributed by atoms with Crippen molar-refractivity contribution in [3.8, 4) is 0 Å². The highest BCUT2D eigenvalue weighted by molar-refractivity contribution is 5.94. The van der Waals surface area contributed by atoms with Crippen molar-refractivity contribution in [1.29, 1.82) is 0 Å². The number of para-hydroxylation sites is 2. The molecule has 0 aliphatic heterocycles. The van der Waals surface area contributed by atoms with Crippen molar-refractivity contribution in [1.82, 2.24) is 14.9 Å². The first kappa shape index (κ1) is 21.1. The maximum absolute atomic E-state index is 12.5. The molecule has 1 amide bonds. The fourth-order valence-electron chi connectivity index (χ4n) is 3.70. The third kappa shape index (κ3) is 5.93. The van der Waals surface area contributed by atoms with Crippen LogP contribution in [-0.4, -0.2) is 15.5 Å². The number of hydrogen-bond acceptors (Lipinski definition) is 2. The molecular weight excluding hydrogens is 358 g/mol. The molecule has 1 N–H and O–H groups in total. The normalized spacial score (nSPS) is 11.1. The molecule has 0 aliphatic rings. The predicted molar refractivity (Wildman–Crippen MR) is 120 cm³/mol. The van der Waals surface area contributed by atoms with Crippen LogP contribution in [0.15, 0.2) is 48.5 Å². The Balaban J connectivity index is 1.61. The number of carbonyl (C=O) groups excluding carboxylic acids is 1. The first-order valence-corrected chi connectivity index (χ1v) is 11.0. The standard InChI is InChI=1S/C25H33N3O/c1-3-4-5-6-7-8-11-18-28-23-13-10-9-12-22(23)27-24(28)19-26-25(29)21-16-14-20(2)15-17-21/h9-10,12-17H,3-8,11,18-19H2,1-2H3,(H,26,29). The summed E-state index contributed by atoms with van der Waals surface area (Å²) < 4.78 is 2.27. The average molecular weight is 392 g/mol. The summed E-state index contributed by atoms with van der Waals surface area (Å²) in [5, 5.41) is 3.04. The van der Waals surface area contributed by atoms with Gasteiger partial charge in [0.05, 0.1) is 17.6 Å². The molecular formula is C25H33N3O. The highest BCUT2D eigenvalue weighted by Crippen LogP contribution is 2.18. The van der Waals surface area contributed by atoms with Crippen LogP contribution in [0.3, 0.4) is 0 Å². The van der Waals surface area contributed by atoms with Crippen LogP contribution in [0, 0.1) is 6.92 Å². The molecule has 3 aromatic rings. The number of imidazole rings is 1. The highest BCUT2D eigenvalue weighted by Gasteiger charge is 2.12. The quantitative estimate of drug-likeness (QED) is 0.406. The smallest absolute Gasteiger partial charge is 0.251 e. The van der Waals surface area contributed by atoms with Crippen LogP contribution < -0.4 is 5.32 Å². The van der Waals surface area contributed by atoms with Crippen molar-refractivity contribution in [2.45, 2.75) is 71.9 Å². The first-order valence-electron chi connectivity index (χ1n) is 11.0. The van der Waals surface area contributed by atoms with Gasteiger partial charge in [-0.2, -0.15) is 0 Å². The predicted octanol–water partition coefficient (Wildman–Crippen LogP) is 6.03. The van der Waals surface area contributed by atoms with Gasteiger partial charge in [-0.15, -0.1) is 0 Å². The fraction of sp³-hybridized carbons (Fsp3) is 0.440. The number of carbonyl (C=O) groups is 1. The molecule has 154 valence electrons. The van der Waals surface area contributed by atoms with Crippen LogP contribution in [0.2, 0.25) is 0 Å². The van der Waals surface area contributed by atoms with Gasteiger partial charge in [0.25, 0.3) is 5.91 Å². The first-order chi connectivity index (χ1) is 14.2. The van der Waals surface area contributed by atoms with E-state index in [1.165, 1.54) is 38.5 Å². The Bertz CT molecular complexity index is 911. The third-order valence-corrected chi connectivity index (χ3v) is 5.44. The van der Waals surface area contributed by atoms with Gasteiger partial charge in [0.15, 0.2) is 0 Å². The molecule has 1 aromatic heterocycles. The molecule has 1 heterocycles. The Hall–Kier alpha value is -2.62. The van der Waals surface area contributed by atoms with E-state index in [4.69, 9.17) is 4.98 Å². The van der Waals surface area contributed by atoms with Gasteiger partial charge in [0.2, 0.25) is 0 Å². The van der Waals surface area contributed by atoms with E-state index in [1.54, 1.807) is 0 Å². The largest absolute Gasteiger partial charge is 0.345 e. The van der Waals surface area contributed by atoms with Gasteiger partial charge in [-0.3, -0.25) is 4.79 Å². The van der Waals surface area contributed by atoms with Gasteiger partial charge >= 0.3 is 0 Å². The number of aromatic nitrogens is 2. The zero-order chi connectivity index (χ0) is 20.5. The van der Waals surface area contributed by atoms with E-state index in [1.807, 2.05) is 43.3 Å². The molecule has 4 heteroatoms. The third-order valence-electron chi connectivity index (χ3n) is 5.44. The fourth-order valence-corrected chi connectivity index (χ4v) is 3.70. The zero-order valence-corrected chi connectivity index (χ0v) is 17.8. The molecule has 3 rings (SSSR count). The topological polar surface area (TPSA) is 46.9 Å². The second-order valence-electron chi connectivity index (χ2n) is 7.84. The zero-order valence-electron chi connectivity index (χ0n) is 17.8. The Kier molecular flexibility index (Phi) is 7.85. The molecule has 0 saturated carbocycles. The van der Waals surface area contributed by atoms with Gasteiger partial charge < -0.3 is 9.88 Å². The van der Waals surface area contributed by atoms with Crippen LogP contribution >= 0.6 is 0 Å². The highest BCUT2D eigenvalue weighted by atomic mass is 16.1. The van der Waals surface area contributed by atoms with Gasteiger partial charge in [0, 0.05) is 12.1 Å². The van der Waals surface area contributed by atoms with Crippen molar-refractivity contribution in [3.63, 3.8) is 0 Å². The minimum absolute atomic E-state index is 0.0560. The number of nitrogens with one attached hydrogen (secondary N) is 1. The molecule has 0 spiro atoms. The van der Waals surface area contributed by atoms with Crippen LogP contribution in [0.4, 0.5) is 0 Å². The lowest BCUT2D eigenvalue weighted by Gasteiger charge is -2.10. The molecule has 0 atom stereocenters. The number of aryl methyl sites for hydroxylation is 2. The summed E-state index contributed by atoms with van der Waals surface area (Å²) in [7, 11) is 0. The summed E-state index contributed by atoms with van der Waals surface area (Å²) >= 11 is 0. The lowest BCUT2D eigenvalue weighted by atomic mass is 10.1. The Labute approximate surface area is 174 Å². The van der Waals surface area contributed by atoms with Gasteiger partial charge in [-0.25, -0.2) is 4.98 Å². The maximum atomic E-state index is 12.5. The molecule has 0 unspecified atom stereocenters. The summed E-state index contributed by atoms with van der Waals surface area (Å²) in [4.78, 5) is 17.3. The second kappa shape index (κ2) is 10.8. The summed E-state index contributed by atoms with van der Waals surface area (Å²) in [5.41, 5.74) is 3.98. The summed E-state index contributed by atoms with van der Waals surface area (Å²) in [5.74, 6) is 0.872. The Morgan fingerprint density at radius 1 is 0.931 bits per heavy atom. The minimum atomic E-state index is -0.0560. The van der Waals surface area contributed by atoms with Crippen molar-refractivity contribution in [2.75, 3.05) is 0 Å². The number of rotatable bonds is 11. The van der Waals surface area contributed by atoms with Crippen molar-refractivity contribution in [3.05, 3.63) is 65.5 Å². The van der Waals surface area contributed by atoms with E-state index in [0.29, 0.717) is 12.1 Å². The second-order valence-corrected chi connectivity index (χ2v) is 7.84. The number of nitrogens with zero attached hydrogens (tertiary/aromatic N) is 2. The van der Waals surface area contributed by atoms with E-state index in [9.17, 15) is 4.79 Å². The lowest BCUT2D eigenvalue weighted by molar-refractivity contribution is 0.0949. The number of fused-ring (bicyclic) bond motifs is 1. The maximum Gasteiger partial charge on any atom is 0.251 e. The Morgan fingerprint density at radius 3 is 2.38 bits per heavy atom. The number of unbranched alkanes of at least 4 members (excludes halogenated alkanes) is 6. The van der Waals surface area contributed by atoms with Crippen LogP contribution in [-0.2, 0) is 13.1 Å². The van der Waals surface area contributed by atoms with Crippen LogP contribution in [0.25, 0.3) is 11.0 Å². The monoisotopic (exact) mass is 391 g/mol. The van der Waals surface area contributed by atoms with Gasteiger partial charge in [-0.1, -0.05) is 75.3 Å². The molecule has 0 radical (unpaired) electrons. The van der Waals surface area contributed by atoms with Gasteiger partial charge in [-0.05, 0) is 37.6 Å². The summed E-state index contributed by atoms with van der Waals surface area (Å²) in [6.45, 7) is 5.67. The van der Waals surface area contributed by atoms with E-state index in [2.05, 4.69) is 28.9 Å². The van der Waals surface area contributed by atoms with E-state index in [0.717, 1.165) is 35.4 Å². The van der Waals surface area contributed by atoms with E-state index in [-0.39, 0.29) is 5.91 Å². The number of hydrogen-bond donors (Lipinski definition) is 1. The number of amides is 1. The molecule has 0 bridgehead atoms. The van der Waals surface area contributed by atoms with E-state index < -0.39 is 0 Å². The van der Waals surface area contributed by atoms with E-state index >= 15 is 0 Å². The van der Waals surface area contributed by atoms with Crippen LogP contribution in [0.1, 0.15) is 73.6 Å². The molecule has 29 heavy (non-hydrogen) atoms. The lowest BCUT2D eigenvalue weighted by Crippen LogP contribution is -2.24. The van der Waals surface area contributed by atoms with Crippen molar-refractivity contribution in [2.24, 2.45) is 0 Å². The molecule has 0 aliphatic carbocycles. The van der Waals surface area contributed by atoms with Crippen molar-refractivity contribution >= 4 is 16.9 Å². The molecule has 2 aromatic carbocycles. The summed E-state index contributed by atoms with van der Waals surface area (Å²) in [6.07, 6.45) is 9.00. The summed E-state index contributed by atoms with van der Waals surface area (Å²) in [6, 6.07) is 15.9. The molecule has 4 nitrogen and oxygen atoms in total. The minimum Gasteiger partial charge on any atom is -0.345 e. The number of benzene rings is 2. The molecule has 0 saturated heterocycles. The van der Waals surface area contributed by atoms with Gasteiger partial charge in [0.1, 0.15) is 5.82 Å². The molecule has 0 fully saturated rings. The van der Waals surface area contributed by atoms with Crippen LogP contribution in [0.5, 0.6) is 0 Å². The van der Waals surface area contributed by atoms with Crippen molar-refractivity contribution < 1.29 is 4.79 Å².